The molecule has 2 aromatic rings. The number of nitrogens with one attached hydrogen (secondary N) is 1. The van der Waals surface area contributed by atoms with Crippen LogP contribution < -0.4 is 14.8 Å². The van der Waals surface area contributed by atoms with Crippen LogP contribution in [0.15, 0.2) is 35.0 Å². The SMILES string of the molecule is COc1ccc(CNCc2ccsc2)c(OC)c1. The molecule has 18 heavy (non-hydrogen) atoms. The van der Waals surface area contributed by atoms with Gasteiger partial charge in [0, 0.05) is 24.7 Å². The molecule has 0 bridgehead atoms. The first-order valence-electron chi connectivity index (χ1n) is 5.76. The summed E-state index contributed by atoms with van der Waals surface area (Å²) >= 11 is 1.72. The fraction of sp³-hybridized carbons (Fsp3) is 0.286. The highest BCUT2D eigenvalue weighted by Crippen LogP contribution is 2.24. The summed E-state index contributed by atoms with van der Waals surface area (Å²) in [6, 6.07) is 8.01. The Morgan fingerprint density at radius 2 is 2.00 bits per heavy atom. The van der Waals surface area contributed by atoms with E-state index in [-0.39, 0.29) is 0 Å². The second kappa shape index (κ2) is 6.42. The van der Waals surface area contributed by atoms with Gasteiger partial charge in [-0.05, 0) is 28.5 Å². The smallest absolute Gasteiger partial charge is 0.127 e. The average Bonchev–Trinajstić information content (AvgIpc) is 2.92. The Labute approximate surface area is 111 Å². The molecule has 0 saturated heterocycles. The minimum Gasteiger partial charge on any atom is -0.497 e. The second-order valence-electron chi connectivity index (χ2n) is 3.91. The van der Waals surface area contributed by atoms with Gasteiger partial charge in [0.1, 0.15) is 11.5 Å². The van der Waals surface area contributed by atoms with Gasteiger partial charge in [-0.2, -0.15) is 11.3 Å². The molecule has 1 heterocycles. The average molecular weight is 263 g/mol. The lowest BCUT2D eigenvalue weighted by atomic mass is 10.2. The zero-order valence-electron chi connectivity index (χ0n) is 10.6. The number of hydrogen-bond acceptors (Lipinski definition) is 4. The highest BCUT2D eigenvalue weighted by molar-refractivity contribution is 7.07. The lowest BCUT2D eigenvalue weighted by Gasteiger charge is -2.11. The van der Waals surface area contributed by atoms with Crippen LogP contribution in [0.2, 0.25) is 0 Å². The van der Waals surface area contributed by atoms with Crippen LogP contribution in [0.25, 0.3) is 0 Å². The Morgan fingerprint density at radius 3 is 2.67 bits per heavy atom. The van der Waals surface area contributed by atoms with Crippen molar-refractivity contribution < 1.29 is 9.47 Å². The Balaban J connectivity index is 1.96. The van der Waals surface area contributed by atoms with Gasteiger partial charge in [-0.1, -0.05) is 6.07 Å². The molecule has 2 rings (SSSR count). The van der Waals surface area contributed by atoms with Crippen molar-refractivity contribution in [1.29, 1.82) is 0 Å². The summed E-state index contributed by atoms with van der Waals surface area (Å²) in [5.74, 6) is 1.67. The molecule has 96 valence electrons. The summed E-state index contributed by atoms with van der Waals surface area (Å²) in [5, 5.41) is 7.64. The molecule has 0 aliphatic heterocycles. The van der Waals surface area contributed by atoms with Crippen molar-refractivity contribution >= 4 is 11.3 Å². The van der Waals surface area contributed by atoms with Gasteiger partial charge in [-0.15, -0.1) is 0 Å². The molecule has 0 amide bonds. The second-order valence-corrected chi connectivity index (χ2v) is 4.69. The normalized spacial score (nSPS) is 10.3. The van der Waals surface area contributed by atoms with Crippen molar-refractivity contribution in [2.75, 3.05) is 14.2 Å². The topological polar surface area (TPSA) is 30.5 Å². The third-order valence-electron chi connectivity index (χ3n) is 2.72. The first kappa shape index (κ1) is 12.9. The lowest BCUT2D eigenvalue weighted by molar-refractivity contribution is 0.390. The molecular weight excluding hydrogens is 246 g/mol. The van der Waals surface area contributed by atoms with E-state index in [1.807, 2.05) is 18.2 Å². The maximum atomic E-state index is 5.36. The van der Waals surface area contributed by atoms with Crippen LogP contribution in [0, 0.1) is 0 Å². The van der Waals surface area contributed by atoms with Crippen LogP contribution in [0.4, 0.5) is 0 Å². The molecule has 0 radical (unpaired) electrons. The minimum atomic E-state index is 0.781. The maximum absolute atomic E-state index is 5.36. The molecule has 1 aromatic heterocycles. The molecule has 0 fully saturated rings. The summed E-state index contributed by atoms with van der Waals surface area (Å²) in [6.45, 7) is 1.65. The summed E-state index contributed by atoms with van der Waals surface area (Å²) in [6.07, 6.45) is 0. The van der Waals surface area contributed by atoms with Gasteiger partial charge in [-0.3, -0.25) is 0 Å². The van der Waals surface area contributed by atoms with E-state index in [9.17, 15) is 0 Å². The van der Waals surface area contributed by atoms with Crippen LogP contribution in [0.5, 0.6) is 11.5 Å². The number of thiophene rings is 1. The molecule has 1 aromatic carbocycles. The van der Waals surface area contributed by atoms with E-state index >= 15 is 0 Å². The van der Waals surface area contributed by atoms with E-state index in [1.165, 1.54) is 5.56 Å². The summed E-state index contributed by atoms with van der Waals surface area (Å²) in [7, 11) is 3.33. The predicted octanol–water partition coefficient (Wildman–Crippen LogP) is 3.06. The third-order valence-corrected chi connectivity index (χ3v) is 3.45. The highest BCUT2D eigenvalue weighted by Gasteiger charge is 2.04. The largest absolute Gasteiger partial charge is 0.497 e. The first-order valence-corrected chi connectivity index (χ1v) is 6.70. The fourth-order valence-electron chi connectivity index (χ4n) is 1.73. The van der Waals surface area contributed by atoms with Gasteiger partial charge >= 0.3 is 0 Å². The number of rotatable bonds is 6. The summed E-state index contributed by atoms with van der Waals surface area (Å²) in [4.78, 5) is 0. The quantitative estimate of drug-likeness (QED) is 0.869. The first-order chi connectivity index (χ1) is 8.83. The minimum absolute atomic E-state index is 0.781. The van der Waals surface area contributed by atoms with Crippen molar-refractivity contribution in [2.24, 2.45) is 0 Å². The molecule has 1 N–H and O–H groups in total. The molecule has 0 spiro atoms. The molecular formula is C14H17NO2S. The van der Waals surface area contributed by atoms with Crippen LogP contribution in [-0.2, 0) is 13.1 Å². The van der Waals surface area contributed by atoms with E-state index < -0.39 is 0 Å². The lowest BCUT2D eigenvalue weighted by Crippen LogP contribution is -2.12. The highest BCUT2D eigenvalue weighted by atomic mass is 32.1. The van der Waals surface area contributed by atoms with Crippen LogP contribution in [0.3, 0.4) is 0 Å². The van der Waals surface area contributed by atoms with E-state index in [4.69, 9.17) is 9.47 Å². The number of methoxy groups -OCH3 is 2. The molecule has 0 aliphatic carbocycles. The predicted molar refractivity (Wildman–Crippen MR) is 74.4 cm³/mol. The zero-order valence-corrected chi connectivity index (χ0v) is 11.4. The molecule has 0 unspecified atom stereocenters. The van der Waals surface area contributed by atoms with E-state index in [1.54, 1.807) is 25.6 Å². The summed E-state index contributed by atoms with van der Waals surface area (Å²) < 4.78 is 10.5. The van der Waals surface area contributed by atoms with Crippen LogP contribution >= 0.6 is 11.3 Å². The Hall–Kier alpha value is -1.52. The van der Waals surface area contributed by atoms with Crippen molar-refractivity contribution in [3.05, 3.63) is 46.2 Å². The van der Waals surface area contributed by atoms with E-state index in [2.05, 4.69) is 22.1 Å². The summed E-state index contributed by atoms with van der Waals surface area (Å²) in [5.41, 5.74) is 2.45. The van der Waals surface area contributed by atoms with Gasteiger partial charge in [0.15, 0.2) is 0 Å². The van der Waals surface area contributed by atoms with Crippen molar-refractivity contribution in [1.82, 2.24) is 5.32 Å². The zero-order chi connectivity index (χ0) is 12.8. The van der Waals surface area contributed by atoms with Crippen LogP contribution in [-0.4, -0.2) is 14.2 Å². The standard InChI is InChI=1S/C14H17NO2S/c1-16-13-4-3-12(14(7-13)17-2)9-15-8-11-5-6-18-10-11/h3-7,10,15H,8-9H2,1-2H3. The molecule has 3 nitrogen and oxygen atoms in total. The van der Waals surface area contributed by atoms with Gasteiger partial charge in [0.05, 0.1) is 14.2 Å². The number of hydrogen-bond donors (Lipinski definition) is 1. The Morgan fingerprint density at radius 1 is 1.11 bits per heavy atom. The number of ether oxygens (including phenoxy) is 2. The van der Waals surface area contributed by atoms with Gasteiger partial charge in [0.25, 0.3) is 0 Å². The molecule has 0 atom stereocenters. The molecule has 4 heteroatoms. The van der Waals surface area contributed by atoms with Gasteiger partial charge < -0.3 is 14.8 Å². The van der Waals surface area contributed by atoms with Crippen molar-refractivity contribution in [3.63, 3.8) is 0 Å². The van der Waals surface area contributed by atoms with Crippen molar-refractivity contribution in [3.8, 4) is 11.5 Å². The number of benzene rings is 1. The van der Waals surface area contributed by atoms with Gasteiger partial charge in [-0.25, -0.2) is 0 Å². The van der Waals surface area contributed by atoms with E-state index in [0.717, 1.165) is 30.2 Å². The molecule has 0 aliphatic rings. The fourth-order valence-corrected chi connectivity index (χ4v) is 2.40. The third kappa shape index (κ3) is 3.24. The Bertz CT molecular complexity index is 483. The monoisotopic (exact) mass is 263 g/mol. The van der Waals surface area contributed by atoms with Gasteiger partial charge in [0.2, 0.25) is 0 Å². The van der Waals surface area contributed by atoms with E-state index in [0.29, 0.717) is 0 Å². The maximum Gasteiger partial charge on any atom is 0.127 e. The van der Waals surface area contributed by atoms with Crippen LogP contribution in [0.1, 0.15) is 11.1 Å². The Kier molecular flexibility index (Phi) is 4.61. The van der Waals surface area contributed by atoms with Crippen molar-refractivity contribution in [2.45, 2.75) is 13.1 Å². The molecule has 0 saturated carbocycles.